The Morgan fingerprint density at radius 2 is 2.09 bits per heavy atom. The monoisotopic (exact) mass is 159 g/mol. The second kappa shape index (κ2) is 3.98. The molecule has 64 valence electrons. The van der Waals surface area contributed by atoms with Crippen LogP contribution in [0.15, 0.2) is 11.3 Å². The molecule has 0 aliphatic heterocycles. The van der Waals surface area contributed by atoms with Crippen molar-refractivity contribution < 1.29 is 15.0 Å². The topological polar surface area (TPSA) is 83.5 Å². The zero-order valence-corrected chi connectivity index (χ0v) is 6.66. The van der Waals surface area contributed by atoms with E-state index < -0.39 is 12.1 Å². The lowest BCUT2D eigenvalue weighted by atomic mass is 10.1. The molecule has 4 nitrogen and oxygen atoms in total. The summed E-state index contributed by atoms with van der Waals surface area (Å²) >= 11 is 0. The molecule has 0 radical (unpaired) electrons. The smallest absolute Gasteiger partial charge is 0.333 e. The molecule has 0 heterocycles. The molecule has 0 bridgehead atoms. The van der Waals surface area contributed by atoms with Gasteiger partial charge in [0, 0.05) is 5.70 Å². The number of nitrogens with two attached hydrogens (primary N) is 1. The molecular weight excluding hydrogens is 146 g/mol. The molecule has 0 aromatic rings. The summed E-state index contributed by atoms with van der Waals surface area (Å²) in [5, 5.41) is 17.5. The molecular formula is C7H13NO3. The molecule has 11 heavy (non-hydrogen) atoms. The third-order valence-corrected chi connectivity index (χ3v) is 1.50. The van der Waals surface area contributed by atoms with Crippen LogP contribution in [0.1, 0.15) is 20.3 Å². The molecule has 0 aromatic heterocycles. The lowest BCUT2D eigenvalue weighted by Crippen LogP contribution is -2.20. The number of aliphatic hydroxyl groups excluding tert-OH is 1. The van der Waals surface area contributed by atoms with E-state index in [1.807, 2.05) is 0 Å². The van der Waals surface area contributed by atoms with Crippen LogP contribution < -0.4 is 5.73 Å². The van der Waals surface area contributed by atoms with Crippen LogP contribution in [0.4, 0.5) is 0 Å². The first-order chi connectivity index (χ1) is 5.00. The largest absolute Gasteiger partial charge is 0.478 e. The molecule has 0 aromatic carbocycles. The molecule has 0 spiro atoms. The van der Waals surface area contributed by atoms with Gasteiger partial charge in [-0.1, -0.05) is 6.92 Å². The minimum atomic E-state index is -1.09. The van der Waals surface area contributed by atoms with Crippen molar-refractivity contribution in [3.05, 3.63) is 11.3 Å². The van der Waals surface area contributed by atoms with Gasteiger partial charge in [-0.05, 0) is 13.3 Å². The van der Waals surface area contributed by atoms with Gasteiger partial charge < -0.3 is 15.9 Å². The fourth-order valence-electron chi connectivity index (χ4n) is 0.593. The Labute approximate surface area is 65.3 Å². The van der Waals surface area contributed by atoms with Crippen LogP contribution in [0.2, 0.25) is 0 Å². The summed E-state index contributed by atoms with van der Waals surface area (Å²) in [6.07, 6.45) is -0.415. The van der Waals surface area contributed by atoms with Crippen LogP contribution >= 0.6 is 0 Å². The molecule has 4 heteroatoms. The van der Waals surface area contributed by atoms with Crippen LogP contribution in [0.25, 0.3) is 0 Å². The Balaban J connectivity index is 4.51. The zero-order valence-electron chi connectivity index (χ0n) is 6.66. The fraction of sp³-hybridized carbons (Fsp3) is 0.571. The normalized spacial score (nSPS) is 15.5. The van der Waals surface area contributed by atoms with Crippen molar-refractivity contribution in [2.24, 2.45) is 5.73 Å². The van der Waals surface area contributed by atoms with Crippen molar-refractivity contribution in [2.75, 3.05) is 0 Å². The first-order valence-corrected chi connectivity index (χ1v) is 3.38. The summed E-state index contributed by atoms with van der Waals surface area (Å²) in [7, 11) is 0. The molecule has 1 atom stereocenters. The van der Waals surface area contributed by atoms with Gasteiger partial charge in [-0.15, -0.1) is 0 Å². The van der Waals surface area contributed by atoms with Crippen molar-refractivity contribution in [3.8, 4) is 0 Å². The van der Waals surface area contributed by atoms with Crippen LogP contribution in [0, 0.1) is 0 Å². The van der Waals surface area contributed by atoms with Crippen molar-refractivity contribution in [2.45, 2.75) is 26.4 Å². The van der Waals surface area contributed by atoms with Crippen molar-refractivity contribution >= 4 is 5.97 Å². The van der Waals surface area contributed by atoms with Crippen LogP contribution in [-0.4, -0.2) is 22.3 Å². The van der Waals surface area contributed by atoms with Crippen LogP contribution in [0.3, 0.4) is 0 Å². The first-order valence-electron chi connectivity index (χ1n) is 3.38. The maximum atomic E-state index is 10.3. The zero-order chi connectivity index (χ0) is 9.02. The van der Waals surface area contributed by atoms with Crippen molar-refractivity contribution in [3.63, 3.8) is 0 Å². The Bertz CT molecular complexity index is 186. The lowest BCUT2D eigenvalue weighted by Gasteiger charge is -2.09. The first kappa shape index (κ1) is 9.97. The molecule has 0 rings (SSSR count). The number of aliphatic carboxylic acids is 1. The van der Waals surface area contributed by atoms with E-state index in [1.165, 1.54) is 6.92 Å². The predicted octanol–water partition coefficient (Wildman–Crippen LogP) is 0.0746. The van der Waals surface area contributed by atoms with Gasteiger partial charge in [0.05, 0.1) is 11.7 Å². The average Bonchev–Trinajstić information content (AvgIpc) is 2.00. The molecule has 0 fully saturated rings. The number of carboxylic acid groups (broad SMARTS) is 1. The van der Waals surface area contributed by atoms with Crippen molar-refractivity contribution in [1.29, 1.82) is 0 Å². The number of hydrogen-bond acceptors (Lipinski definition) is 3. The second-order valence-corrected chi connectivity index (χ2v) is 2.31. The minimum Gasteiger partial charge on any atom is -0.478 e. The number of aliphatic hydroxyl groups is 1. The lowest BCUT2D eigenvalue weighted by molar-refractivity contribution is -0.132. The molecule has 4 N–H and O–H groups in total. The summed E-state index contributed by atoms with van der Waals surface area (Å²) in [5.74, 6) is -1.09. The molecule has 0 amide bonds. The number of carboxylic acids is 1. The molecule has 1 unspecified atom stereocenters. The van der Waals surface area contributed by atoms with Gasteiger partial charge >= 0.3 is 5.97 Å². The Morgan fingerprint density at radius 1 is 1.64 bits per heavy atom. The summed E-state index contributed by atoms with van der Waals surface area (Å²) in [6, 6.07) is 0. The van der Waals surface area contributed by atoms with Gasteiger partial charge in [0.1, 0.15) is 0 Å². The number of rotatable bonds is 3. The SMILES string of the molecule is CCC(O)/C(N)=C(/C)C(=O)O. The Kier molecular flexibility index (Phi) is 3.60. The summed E-state index contributed by atoms with van der Waals surface area (Å²) in [6.45, 7) is 3.10. The second-order valence-electron chi connectivity index (χ2n) is 2.31. The summed E-state index contributed by atoms with van der Waals surface area (Å²) in [4.78, 5) is 10.3. The standard InChI is InChI=1S/C7H13NO3/c1-3-5(9)6(8)4(2)7(10)11/h5,9H,3,8H2,1-2H3,(H,10,11)/b6-4+. The third-order valence-electron chi connectivity index (χ3n) is 1.50. The quantitative estimate of drug-likeness (QED) is 0.509. The van der Waals surface area contributed by atoms with E-state index in [-0.39, 0.29) is 11.3 Å². The average molecular weight is 159 g/mol. The molecule has 0 saturated carbocycles. The van der Waals surface area contributed by atoms with Gasteiger partial charge in [-0.2, -0.15) is 0 Å². The molecule has 0 aliphatic rings. The minimum absolute atomic E-state index is 0.0133. The maximum absolute atomic E-state index is 10.3. The van der Waals surface area contributed by atoms with E-state index in [0.29, 0.717) is 6.42 Å². The van der Waals surface area contributed by atoms with Gasteiger partial charge in [0.15, 0.2) is 0 Å². The van der Waals surface area contributed by atoms with E-state index in [9.17, 15) is 4.79 Å². The van der Waals surface area contributed by atoms with Gasteiger partial charge in [0.2, 0.25) is 0 Å². The highest BCUT2D eigenvalue weighted by Gasteiger charge is 2.11. The molecule has 0 saturated heterocycles. The Hall–Kier alpha value is -1.03. The van der Waals surface area contributed by atoms with E-state index in [4.69, 9.17) is 15.9 Å². The van der Waals surface area contributed by atoms with E-state index >= 15 is 0 Å². The highest BCUT2D eigenvalue weighted by Crippen LogP contribution is 2.05. The van der Waals surface area contributed by atoms with E-state index in [2.05, 4.69) is 0 Å². The van der Waals surface area contributed by atoms with Gasteiger partial charge in [0.25, 0.3) is 0 Å². The maximum Gasteiger partial charge on any atom is 0.333 e. The van der Waals surface area contributed by atoms with Crippen LogP contribution in [0.5, 0.6) is 0 Å². The number of carbonyl (C=O) groups is 1. The van der Waals surface area contributed by atoms with E-state index in [1.54, 1.807) is 6.92 Å². The van der Waals surface area contributed by atoms with Crippen LogP contribution in [-0.2, 0) is 4.79 Å². The van der Waals surface area contributed by atoms with E-state index in [0.717, 1.165) is 0 Å². The summed E-state index contributed by atoms with van der Waals surface area (Å²) in [5.41, 5.74) is 5.38. The highest BCUT2D eigenvalue weighted by molar-refractivity contribution is 5.86. The summed E-state index contributed by atoms with van der Waals surface area (Å²) < 4.78 is 0. The van der Waals surface area contributed by atoms with Gasteiger partial charge in [-0.3, -0.25) is 0 Å². The predicted molar refractivity (Wildman–Crippen MR) is 40.8 cm³/mol. The van der Waals surface area contributed by atoms with Gasteiger partial charge in [-0.25, -0.2) is 4.79 Å². The highest BCUT2D eigenvalue weighted by atomic mass is 16.4. The molecule has 0 aliphatic carbocycles. The Morgan fingerprint density at radius 3 is 2.36 bits per heavy atom. The fourth-order valence-corrected chi connectivity index (χ4v) is 0.593. The number of hydrogen-bond donors (Lipinski definition) is 3. The van der Waals surface area contributed by atoms with Crippen molar-refractivity contribution in [1.82, 2.24) is 0 Å². The third kappa shape index (κ3) is 2.59.